The molecule has 3 N–H and O–H groups in total. The SMILES string of the molecule is Cc1cccc(OCC(=O)Nc2ccc(C3CCNN3)cc2)c1. The minimum Gasteiger partial charge on any atom is -0.484 e. The van der Waals surface area contributed by atoms with Crippen molar-refractivity contribution in [3.63, 3.8) is 0 Å². The number of carbonyl (C=O) groups is 1. The summed E-state index contributed by atoms with van der Waals surface area (Å²) in [6.45, 7) is 2.96. The zero-order valence-electron chi connectivity index (χ0n) is 13.1. The maximum absolute atomic E-state index is 12.0. The highest BCUT2D eigenvalue weighted by Crippen LogP contribution is 2.20. The molecule has 0 radical (unpaired) electrons. The van der Waals surface area contributed by atoms with Crippen molar-refractivity contribution in [2.45, 2.75) is 19.4 Å². The Hall–Kier alpha value is -2.37. The first kappa shape index (κ1) is 15.5. The molecule has 5 heteroatoms. The topological polar surface area (TPSA) is 62.4 Å². The van der Waals surface area contributed by atoms with Crippen LogP contribution in [0.3, 0.4) is 0 Å². The molecule has 2 aromatic rings. The highest BCUT2D eigenvalue weighted by atomic mass is 16.5. The molecule has 0 saturated carbocycles. The molecule has 120 valence electrons. The second-order valence-electron chi connectivity index (χ2n) is 5.69. The Kier molecular flexibility index (Phi) is 4.90. The third-order valence-electron chi connectivity index (χ3n) is 3.79. The van der Waals surface area contributed by atoms with Crippen molar-refractivity contribution >= 4 is 11.6 Å². The van der Waals surface area contributed by atoms with Gasteiger partial charge >= 0.3 is 0 Å². The summed E-state index contributed by atoms with van der Waals surface area (Å²) in [4.78, 5) is 12.0. The Morgan fingerprint density at radius 2 is 2.09 bits per heavy atom. The van der Waals surface area contributed by atoms with Gasteiger partial charge < -0.3 is 10.1 Å². The van der Waals surface area contributed by atoms with Gasteiger partial charge in [-0.05, 0) is 48.7 Å². The maximum atomic E-state index is 12.0. The molecule has 0 spiro atoms. The average molecular weight is 311 g/mol. The molecule has 3 rings (SSSR count). The predicted molar refractivity (Wildman–Crippen MR) is 90.2 cm³/mol. The first-order valence-electron chi connectivity index (χ1n) is 7.78. The molecule has 1 atom stereocenters. The number of carbonyl (C=O) groups excluding carboxylic acids is 1. The second-order valence-corrected chi connectivity index (χ2v) is 5.69. The van der Waals surface area contributed by atoms with E-state index in [1.54, 1.807) is 0 Å². The van der Waals surface area contributed by atoms with Crippen molar-refractivity contribution in [2.75, 3.05) is 18.5 Å². The number of hydrogen-bond acceptors (Lipinski definition) is 4. The van der Waals surface area contributed by atoms with E-state index in [0.29, 0.717) is 11.8 Å². The fourth-order valence-electron chi connectivity index (χ4n) is 2.58. The lowest BCUT2D eigenvalue weighted by molar-refractivity contribution is -0.118. The largest absolute Gasteiger partial charge is 0.484 e. The summed E-state index contributed by atoms with van der Waals surface area (Å²) < 4.78 is 5.50. The van der Waals surface area contributed by atoms with Gasteiger partial charge in [-0.3, -0.25) is 15.6 Å². The van der Waals surface area contributed by atoms with E-state index in [9.17, 15) is 4.79 Å². The van der Waals surface area contributed by atoms with Crippen LogP contribution >= 0.6 is 0 Å². The van der Waals surface area contributed by atoms with E-state index in [1.807, 2.05) is 55.5 Å². The Balaban J connectivity index is 1.51. The third kappa shape index (κ3) is 4.31. The van der Waals surface area contributed by atoms with Crippen LogP contribution in [0, 0.1) is 6.92 Å². The average Bonchev–Trinajstić information content (AvgIpc) is 3.08. The number of aryl methyl sites for hydroxylation is 1. The van der Waals surface area contributed by atoms with Gasteiger partial charge in [-0.15, -0.1) is 0 Å². The molecule has 2 aromatic carbocycles. The van der Waals surface area contributed by atoms with Crippen LogP contribution in [-0.4, -0.2) is 19.1 Å². The van der Waals surface area contributed by atoms with Gasteiger partial charge in [0.1, 0.15) is 5.75 Å². The summed E-state index contributed by atoms with van der Waals surface area (Å²) in [6, 6.07) is 15.9. The smallest absolute Gasteiger partial charge is 0.262 e. The standard InChI is InChI=1S/C18H21N3O2/c1-13-3-2-4-16(11-13)23-12-18(22)20-15-7-5-14(6-8-15)17-9-10-19-21-17/h2-8,11,17,19,21H,9-10,12H2,1H3,(H,20,22). The van der Waals surface area contributed by atoms with Crippen LogP contribution in [0.2, 0.25) is 0 Å². The summed E-state index contributed by atoms with van der Waals surface area (Å²) in [7, 11) is 0. The van der Waals surface area contributed by atoms with Gasteiger partial charge in [0.2, 0.25) is 0 Å². The number of rotatable bonds is 5. The Labute approximate surface area is 136 Å². The number of benzene rings is 2. The molecule has 1 fully saturated rings. The van der Waals surface area contributed by atoms with E-state index in [0.717, 1.165) is 24.2 Å². The van der Waals surface area contributed by atoms with Gasteiger partial charge in [0.05, 0.1) is 0 Å². The van der Waals surface area contributed by atoms with Crippen LogP contribution in [0.25, 0.3) is 0 Å². The van der Waals surface area contributed by atoms with Crippen LogP contribution in [0.4, 0.5) is 5.69 Å². The number of amides is 1. The number of hydrazine groups is 1. The normalized spacial score (nSPS) is 17.0. The lowest BCUT2D eigenvalue weighted by atomic mass is 10.1. The monoisotopic (exact) mass is 311 g/mol. The number of hydrogen-bond donors (Lipinski definition) is 3. The van der Waals surface area contributed by atoms with Crippen LogP contribution in [-0.2, 0) is 4.79 Å². The summed E-state index contributed by atoms with van der Waals surface area (Å²) in [5.74, 6) is 0.537. The maximum Gasteiger partial charge on any atom is 0.262 e. The van der Waals surface area contributed by atoms with Gasteiger partial charge in [0, 0.05) is 18.3 Å². The van der Waals surface area contributed by atoms with Gasteiger partial charge in [-0.25, -0.2) is 0 Å². The lowest BCUT2D eigenvalue weighted by Gasteiger charge is -2.11. The second kappa shape index (κ2) is 7.26. The fraction of sp³-hybridized carbons (Fsp3) is 0.278. The van der Waals surface area contributed by atoms with Gasteiger partial charge in [-0.2, -0.15) is 0 Å². The number of ether oxygens (including phenoxy) is 1. The van der Waals surface area contributed by atoms with Gasteiger partial charge in [-0.1, -0.05) is 24.3 Å². The predicted octanol–water partition coefficient (Wildman–Crippen LogP) is 2.55. The van der Waals surface area contributed by atoms with Gasteiger partial charge in [0.25, 0.3) is 5.91 Å². The first-order valence-corrected chi connectivity index (χ1v) is 7.78. The minimum atomic E-state index is -0.167. The molecule has 1 unspecified atom stereocenters. The van der Waals surface area contributed by atoms with Crippen molar-refractivity contribution in [3.8, 4) is 5.75 Å². The Bertz CT molecular complexity index is 664. The molecule has 1 aliphatic rings. The van der Waals surface area contributed by atoms with Crippen molar-refractivity contribution in [1.82, 2.24) is 10.9 Å². The van der Waals surface area contributed by atoms with Crippen molar-refractivity contribution in [2.24, 2.45) is 0 Å². The molecule has 1 aliphatic heterocycles. The molecular weight excluding hydrogens is 290 g/mol. The highest BCUT2D eigenvalue weighted by molar-refractivity contribution is 5.91. The molecule has 1 saturated heterocycles. The van der Waals surface area contributed by atoms with E-state index in [2.05, 4.69) is 16.2 Å². The van der Waals surface area contributed by atoms with Crippen molar-refractivity contribution < 1.29 is 9.53 Å². The highest BCUT2D eigenvalue weighted by Gasteiger charge is 2.15. The minimum absolute atomic E-state index is 0.000689. The zero-order chi connectivity index (χ0) is 16.1. The molecule has 0 aromatic heterocycles. The molecule has 23 heavy (non-hydrogen) atoms. The van der Waals surface area contributed by atoms with Crippen molar-refractivity contribution in [3.05, 3.63) is 59.7 Å². The van der Waals surface area contributed by atoms with E-state index in [-0.39, 0.29) is 12.5 Å². The van der Waals surface area contributed by atoms with Crippen LogP contribution in [0.1, 0.15) is 23.6 Å². The lowest BCUT2D eigenvalue weighted by Crippen LogP contribution is -2.24. The summed E-state index contributed by atoms with van der Waals surface area (Å²) in [5.41, 5.74) is 9.43. The molecule has 1 amide bonds. The Morgan fingerprint density at radius 3 is 2.78 bits per heavy atom. The third-order valence-corrected chi connectivity index (χ3v) is 3.79. The van der Waals surface area contributed by atoms with E-state index in [1.165, 1.54) is 5.56 Å². The number of nitrogens with one attached hydrogen (secondary N) is 3. The number of anilines is 1. The quantitative estimate of drug-likeness (QED) is 0.794. The van der Waals surface area contributed by atoms with E-state index >= 15 is 0 Å². The zero-order valence-corrected chi connectivity index (χ0v) is 13.1. The summed E-state index contributed by atoms with van der Waals surface area (Å²) in [5, 5.41) is 2.84. The van der Waals surface area contributed by atoms with E-state index < -0.39 is 0 Å². The van der Waals surface area contributed by atoms with E-state index in [4.69, 9.17) is 4.74 Å². The summed E-state index contributed by atoms with van der Waals surface area (Å²) >= 11 is 0. The fourth-order valence-corrected chi connectivity index (χ4v) is 2.58. The summed E-state index contributed by atoms with van der Waals surface area (Å²) in [6.07, 6.45) is 1.07. The van der Waals surface area contributed by atoms with Crippen LogP contribution in [0.5, 0.6) is 5.75 Å². The van der Waals surface area contributed by atoms with Crippen molar-refractivity contribution in [1.29, 1.82) is 0 Å². The molecule has 5 nitrogen and oxygen atoms in total. The van der Waals surface area contributed by atoms with Gasteiger partial charge in [0.15, 0.2) is 6.61 Å². The van der Waals surface area contributed by atoms with Crippen LogP contribution < -0.4 is 20.9 Å². The molecule has 0 aliphatic carbocycles. The first-order chi connectivity index (χ1) is 11.2. The Morgan fingerprint density at radius 1 is 1.26 bits per heavy atom. The molecule has 0 bridgehead atoms. The molecule has 1 heterocycles. The molecular formula is C18H21N3O2. The van der Waals surface area contributed by atoms with Crippen LogP contribution in [0.15, 0.2) is 48.5 Å².